The molecular weight excluding hydrogens is 298 g/mol. The third-order valence-electron chi connectivity index (χ3n) is 4.44. The number of rotatable bonds is 2. The number of carbonyl (C=O) groups excluding carboxylic acids is 2. The number of likely N-dealkylation sites (tertiary alicyclic amines) is 1. The number of thioether (sulfide) groups is 1. The summed E-state index contributed by atoms with van der Waals surface area (Å²) in [7, 11) is 0. The van der Waals surface area contributed by atoms with Gasteiger partial charge in [-0.3, -0.25) is 4.79 Å². The number of hydrogen-bond acceptors (Lipinski definition) is 3. The topological polar surface area (TPSA) is 75.4 Å². The van der Waals surface area contributed by atoms with E-state index in [1.807, 2.05) is 23.9 Å². The van der Waals surface area contributed by atoms with Crippen LogP contribution in [0.1, 0.15) is 30.9 Å². The Kier molecular flexibility index (Phi) is 4.57. The molecule has 0 aliphatic carbocycles. The van der Waals surface area contributed by atoms with Crippen LogP contribution in [0.2, 0.25) is 0 Å². The van der Waals surface area contributed by atoms with E-state index in [9.17, 15) is 9.59 Å². The molecule has 0 saturated carbocycles. The molecule has 3 N–H and O–H groups in total. The zero-order valence-electron chi connectivity index (χ0n) is 12.5. The first-order valence-electron chi connectivity index (χ1n) is 7.71. The summed E-state index contributed by atoms with van der Waals surface area (Å²) >= 11 is 1.84. The first-order valence-corrected chi connectivity index (χ1v) is 8.70. The van der Waals surface area contributed by atoms with Crippen LogP contribution in [0.3, 0.4) is 0 Å². The van der Waals surface area contributed by atoms with Crippen molar-refractivity contribution in [3.8, 4) is 0 Å². The van der Waals surface area contributed by atoms with Gasteiger partial charge in [-0.25, -0.2) is 4.79 Å². The second-order valence-electron chi connectivity index (χ2n) is 5.84. The highest BCUT2D eigenvalue weighted by atomic mass is 32.2. The number of urea groups is 1. The molecule has 1 aromatic carbocycles. The van der Waals surface area contributed by atoms with Gasteiger partial charge in [-0.1, -0.05) is 18.2 Å². The van der Waals surface area contributed by atoms with E-state index in [4.69, 9.17) is 5.73 Å². The maximum Gasteiger partial charge on any atom is 0.317 e. The summed E-state index contributed by atoms with van der Waals surface area (Å²) in [6, 6.07) is 8.29. The molecule has 6 heteroatoms. The summed E-state index contributed by atoms with van der Waals surface area (Å²) in [6.45, 7) is 1.20. The lowest BCUT2D eigenvalue weighted by atomic mass is 9.96. The predicted octanol–water partition coefficient (Wildman–Crippen LogP) is 2.13. The molecule has 1 atom stereocenters. The van der Waals surface area contributed by atoms with Crippen molar-refractivity contribution in [2.75, 3.05) is 18.8 Å². The van der Waals surface area contributed by atoms with Crippen molar-refractivity contribution in [1.29, 1.82) is 0 Å². The van der Waals surface area contributed by atoms with Gasteiger partial charge >= 0.3 is 6.03 Å². The summed E-state index contributed by atoms with van der Waals surface area (Å²) < 4.78 is 0. The summed E-state index contributed by atoms with van der Waals surface area (Å²) in [5.74, 6) is 0.681. The third kappa shape index (κ3) is 3.21. The summed E-state index contributed by atoms with van der Waals surface area (Å²) in [5.41, 5.74) is 6.54. The minimum absolute atomic E-state index is 0.0328. The number of carbonyl (C=O) groups is 2. The Balaban J connectivity index is 1.60. The van der Waals surface area contributed by atoms with Crippen LogP contribution >= 0.6 is 11.8 Å². The van der Waals surface area contributed by atoms with Crippen LogP contribution in [0.15, 0.2) is 29.2 Å². The average Bonchev–Trinajstić information content (AvgIpc) is 2.55. The van der Waals surface area contributed by atoms with Gasteiger partial charge in [0.25, 0.3) is 0 Å². The first-order chi connectivity index (χ1) is 10.6. The van der Waals surface area contributed by atoms with E-state index in [1.54, 1.807) is 4.90 Å². The standard InChI is InChI=1S/C16H21N3O2S/c17-15(20)11-5-8-19(9-6-11)16(21)18-13-7-10-22-14-4-2-1-3-12(13)14/h1-4,11,13H,5-10H2,(H2,17,20)(H,18,21)/t13-/m0/s1. The van der Waals surface area contributed by atoms with Gasteiger partial charge in [0.15, 0.2) is 0 Å². The second-order valence-corrected chi connectivity index (χ2v) is 6.98. The van der Waals surface area contributed by atoms with E-state index in [0.29, 0.717) is 25.9 Å². The van der Waals surface area contributed by atoms with Crippen molar-refractivity contribution >= 4 is 23.7 Å². The van der Waals surface area contributed by atoms with Crippen LogP contribution in [0.25, 0.3) is 0 Å². The van der Waals surface area contributed by atoms with Crippen LogP contribution in [-0.4, -0.2) is 35.7 Å². The monoisotopic (exact) mass is 319 g/mol. The molecule has 22 heavy (non-hydrogen) atoms. The molecule has 118 valence electrons. The maximum absolute atomic E-state index is 12.4. The number of nitrogens with two attached hydrogens (primary N) is 1. The Labute approximate surface area is 134 Å². The van der Waals surface area contributed by atoms with Crippen LogP contribution < -0.4 is 11.1 Å². The lowest BCUT2D eigenvalue weighted by molar-refractivity contribution is -0.123. The number of primary amides is 1. The smallest absolute Gasteiger partial charge is 0.317 e. The van der Waals surface area contributed by atoms with E-state index < -0.39 is 0 Å². The zero-order chi connectivity index (χ0) is 15.5. The Bertz CT molecular complexity index is 570. The second kappa shape index (κ2) is 6.60. The number of amides is 3. The largest absolute Gasteiger partial charge is 0.369 e. The minimum atomic E-state index is -0.252. The van der Waals surface area contributed by atoms with Crippen LogP contribution in [0.4, 0.5) is 4.79 Å². The number of piperidine rings is 1. The van der Waals surface area contributed by atoms with Crippen LogP contribution in [-0.2, 0) is 4.79 Å². The third-order valence-corrected chi connectivity index (χ3v) is 5.56. The van der Waals surface area contributed by atoms with Gasteiger partial charge in [-0.15, -0.1) is 11.8 Å². The number of fused-ring (bicyclic) bond motifs is 1. The highest BCUT2D eigenvalue weighted by Gasteiger charge is 2.28. The van der Waals surface area contributed by atoms with Gasteiger partial charge in [0.2, 0.25) is 5.91 Å². The highest BCUT2D eigenvalue weighted by Crippen LogP contribution is 2.35. The molecular formula is C16H21N3O2S. The molecule has 0 bridgehead atoms. The number of benzene rings is 1. The molecule has 2 heterocycles. The van der Waals surface area contributed by atoms with Gasteiger partial charge in [0.05, 0.1) is 6.04 Å². The van der Waals surface area contributed by atoms with Crippen molar-refractivity contribution in [3.63, 3.8) is 0 Å². The normalized spacial score (nSPS) is 22.0. The molecule has 0 radical (unpaired) electrons. The van der Waals surface area contributed by atoms with Crippen molar-refractivity contribution in [2.45, 2.75) is 30.2 Å². The molecule has 2 aliphatic rings. The average molecular weight is 319 g/mol. The first kappa shape index (κ1) is 15.2. The molecule has 1 fully saturated rings. The Morgan fingerprint density at radius 2 is 1.91 bits per heavy atom. The molecule has 0 unspecified atom stereocenters. The van der Waals surface area contributed by atoms with Gasteiger partial charge in [0.1, 0.15) is 0 Å². The van der Waals surface area contributed by atoms with E-state index in [0.717, 1.165) is 12.2 Å². The van der Waals surface area contributed by atoms with E-state index in [2.05, 4.69) is 17.4 Å². The fourth-order valence-corrected chi connectivity index (χ4v) is 4.22. The maximum atomic E-state index is 12.4. The number of nitrogens with one attached hydrogen (secondary N) is 1. The van der Waals surface area contributed by atoms with Crippen LogP contribution in [0.5, 0.6) is 0 Å². The van der Waals surface area contributed by atoms with Gasteiger partial charge in [-0.05, 0) is 30.9 Å². The molecule has 1 saturated heterocycles. The fourth-order valence-electron chi connectivity index (χ4n) is 3.10. The van der Waals surface area contributed by atoms with Crippen molar-refractivity contribution < 1.29 is 9.59 Å². The van der Waals surface area contributed by atoms with Crippen molar-refractivity contribution in [1.82, 2.24) is 10.2 Å². The lowest BCUT2D eigenvalue weighted by Crippen LogP contribution is -2.47. The Morgan fingerprint density at radius 3 is 2.64 bits per heavy atom. The fraction of sp³-hybridized carbons (Fsp3) is 0.500. The molecule has 3 rings (SSSR count). The summed E-state index contributed by atoms with van der Waals surface area (Å²) in [5, 5.41) is 3.15. The molecule has 2 aliphatic heterocycles. The quantitative estimate of drug-likeness (QED) is 0.877. The van der Waals surface area contributed by atoms with Gasteiger partial charge < -0.3 is 16.0 Å². The van der Waals surface area contributed by atoms with Crippen molar-refractivity contribution in [3.05, 3.63) is 29.8 Å². The Hall–Kier alpha value is -1.69. The van der Waals surface area contributed by atoms with E-state index in [1.165, 1.54) is 10.5 Å². The summed E-state index contributed by atoms with van der Waals surface area (Å²) in [4.78, 5) is 26.7. The number of hydrogen-bond donors (Lipinski definition) is 2. The molecule has 0 spiro atoms. The van der Waals surface area contributed by atoms with Crippen LogP contribution in [0, 0.1) is 5.92 Å². The highest BCUT2D eigenvalue weighted by molar-refractivity contribution is 7.99. The van der Waals surface area contributed by atoms with Gasteiger partial charge in [-0.2, -0.15) is 0 Å². The minimum Gasteiger partial charge on any atom is -0.369 e. The Morgan fingerprint density at radius 1 is 1.18 bits per heavy atom. The molecule has 3 amide bonds. The van der Waals surface area contributed by atoms with E-state index >= 15 is 0 Å². The van der Waals surface area contributed by atoms with E-state index in [-0.39, 0.29) is 23.9 Å². The molecule has 1 aromatic rings. The SMILES string of the molecule is NC(=O)C1CCN(C(=O)N[C@H]2CCSc3ccccc32)CC1. The summed E-state index contributed by atoms with van der Waals surface area (Å²) in [6.07, 6.45) is 2.28. The predicted molar refractivity (Wildman–Crippen MR) is 86.5 cm³/mol. The van der Waals surface area contributed by atoms with Crippen molar-refractivity contribution in [2.24, 2.45) is 11.7 Å². The van der Waals surface area contributed by atoms with Gasteiger partial charge in [0, 0.05) is 29.7 Å². The lowest BCUT2D eigenvalue weighted by Gasteiger charge is -2.33. The molecule has 0 aromatic heterocycles. The zero-order valence-corrected chi connectivity index (χ0v) is 13.3. The molecule has 5 nitrogen and oxygen atoms in total. The number of nitrogens with zero attached hydrogens (tertiary/aromatic N) is 1.